The van der Waals surface area contributed by atoms with Gasteiger partial charge in [-0.15, -0.1) is 12.4 Å². The van der Waals surface area contributed by atoms with Crippen molar-refractivity contribution in [3.05, 3.63) is 0 Å². The topological polar surface area (TPSA) is 61.4 Å². The average molecular weight is 344 g/mol. The lowest BCUT2D eigenvalue weighted by atomic mass is 9.89. The van der Waals surface area contributed by atoms with Crippen molar-refractivity contribution in [1.29, 1.82) is 0 Å². The van der Waals surface area contributed by atoms with Crippen LogP contribution < -0.4 is 10.6 Å². The van der Waals surface area contributed by atoms with Gasteiger partial charge in [0.1, 0.15) is 0 Å². The van der Waals surface area contributed by atoms with E-state index in [0.29, 0.717) is 0 Å². The Balaban J connectivity index is 0.00000192. The Morgan fingerprint density at radius 3 is 2.17 bits per heavy atom. The number of hydrogen-bond acceptors (Lipinski definition) is 3. The number of carbonyl (C=O) groups is 2. The van der Waals surface area contributed by atoms with Crippen molar-refractivity contribution >= 4 is 24.2 Å². The predicted octanol–water partition coefficient (Wildman–Crippen LogP) is 1.56. The second kappa shape index (κ2) is 8.88. The van der Waals surface area contributed by atoms with Gasteiger partial charge in [-0.05, 0) is 50.6 Å². The van der Waals surface area contributed by atoms with E-state index in [9.17, 15) is 9.59 Å². The van der Waals surface area contributed by atoms with Crippen molar-refractivity contribution < 1.29 is 9.59 Å². The predicted molar refractivity (Wildman–Crippen MR) is 92.5 cm³/mol. The molecule has 3 aliphatic rings. The first kappa shape index (κ1) is 18.5. The van der Waals surface area contributed by atoms with Crippen LogP contribution in [-0.4, -0.2) is 49.4 Å². The summed E-state index contributed by atoms with van der Waals surface area (Å²) in [5, 5.41) is 6.33. The van der Waals surface area contributed by atoms with Crippen LogP contribution in [0.5, 0.6) is 0 Å². The number of nitrogens with one attached hydrogen (secondary N) is 2. The molecule has 0 bridgehead atoms. The summed E-state index contributed by atoms with van der Waals surface area (Å²) in [7, 11) is 0. The third-order valence-electron chi connectivity index (χ3n) is 5.76. The summed E-state index contributed by atoms with van der Waals surface area (Å²) in [6.45, 7) is 4.08. The first-order valence-electron chi connectivity index (χ1n) is 9.00. The van der Waals surface area contributed by atoms with E-state index in [2.05, 4.69) is 10.6 Å². The molecule has 2 aliphatic heterocycles. The van der Waals surface area contributed by atoms with Crippen LogP contribution in [0.25, 0.3) is 0 Å². The Morgan fingerprint density at radius 2 is 1.57 bits per heavy atom. The van der Waals surface area contributed by atoms with E-state index in [1.165, 1.54) is 6.42 Å². The average Bonchev–Trinajstić information content (AvgIpc) is 2.91. The van der Waals surface area contributed by atoms with Crippen molar-refractivity contribution in [2.75, 3.05) is 32.7 Å². The Labute approximate surface area is 145 Å². The van der Waals surface area contributed by atoms with Gasteiger partial charge in [0.15, 0.2) is 0 Å². The zero-order valence-corrected chi connectivity index (χ0v) is 14.7. The van der Waals surface area contributed by atoms with Gasteiger partial charge < -0.3 is 15.5 Å². The lowest BCUT2D eigenvalue weighted by Crippen LogP contribution is -2.42. The van der Waals surface area contributed by atoms with Crippen LogP contribution in [0.3, 0.4) is 0 Å². The molecule has 2 amide bonds. The Hall–Kier alpha value is -0.810. The fraction of sp³-hybridized carbons (Fsp3) is 0.882. The second-order valence-corrected chi connectivity index (χ2v) is 7.19. The highest BCUT2D eigenvalue weighted by Gasteiger charge is 2.31. The van der Waals surface area contributed by atoms with Gasteiger partial charge in [-0.3, -0.25) is 9.59 Å². The lowest BCUT2D eigenvalue weighted by Gasteiger charge is -2.23. The van der Waals surface area contributed by atoms with E-state index in [-0.39, 0.29) is 36.7 Å². The van der Waals surface area contributed by atoms with E-state index in [4.69, 9.17) is 0 Å². The summed E-state index contributed by atoms with van der Waals surface area (Å²) in [6, 6.07) is 0. The second-order valence-electron chi connectivity index (χ2n) is 7.19. The molecule has 2 atom stereocenters. The molecule has 1 saturated carbocycles. The van der Waals surface area contributed by atoms with Gasteiger partial charge >= 0.3 is 0 Å². The van der Waals surface area contributed by atoms with Crippen LogP contribution in [0.15, 0.2) is 0 Å². The molecule has 0 spiro atoms. The molecule has 1 aliphatic carbocycles. The highest BCUT2D eigenvalue weighted by Crippen LogP contribution is 2.27. The molecule has 2 heterocycles. The van der Waals surface area contributed by atoms with Crippen molar-refractivity contribution in [3.63, 3.8) is 0 Å². The van der Waals surface area contributed by atoms with Gasteiger partial charge in [-0.25, -0.2) is 0 Å². The van der Waals surface area contributed by atoms with E-state index in [1.54, 1.807) is 0 Å². The number of carbonyl (C=O) groups excluding carboxylic acids is 2. The number of halogens is 1. The zero-order valence-electron chi connectivity index (χ0n) is 13.9. The number of rotatable bonds is 3. The van der Waals surface area contributed by atoms with Crippen LogP contribution in [0.1, 0.15) is 44.9 Å². The SMILES string of the molecule is Cl.O=C(NCC(=O)N1CC[C@@H]2CNC[C@@H]2CC1)C1CCCCC1. The number of nitrogens with zero attached hydrogens (tertiary/aromatic N) is 1. The van der Waals surface area contributed by atoms with Crippen LogP contribution in [0.2, 0.25) is 0 Å². The van der Waals surface area contributed by atoms with Gasteiger partial charge in [0, 0.05) is 19.0 Å². The lowest BCUT2D eigenvalue weighted by molar-refractivity contribution is -0.134. The van der Waals surface area contributed by atoms with Crippen molar-refractivity contribution in [1.82, 2.24) is 15.5 Å². The quantitative estimate of drug-likeness (QED) is 0.817. The largest absolute Gasteiger partial charge is 0.347 e. The van der Waals surface area contributed by atoms with Gasteiger partial charge in [0.2, 0.25) is 11.8 Å². The maximum Gasteiger partial charge on any atom is 0.241 e. The molecular formula is C17H30ClN3O2. The first-order valence-corrected chi connectivity index (χ1v) is 9.00. The van der Waals surface area contributed by atoms with Crippen LogP contribution >= 0.6 is 12.4 Å². The normalized spacial score (nSPS) is 28.4. The fourth-order valence-corrected chi connectivity index (χ4v) is 4.25. The molecule has 0 unspecified atom stereocenters. The Bertz CT molecular complexity index is 399. The number of amides is 2. The Kier molecular flexibility index (Phi) is 7.15. The van der Waals surface area contributed by atoms with E-state index in [1.807, 2.05) is 4.90 Å². The van der Waals surface area contributed by atoms with Crippen LogP contribution in [0.4, 0.5) is 0 Å². The standard InChI is InChI=1S/C17H29N3O2.ClH/c21-16(12-19-17(22)13-4-2-1-3-5-13)20-8-6-14-10-18-11-15(14)7-9-20;/h13-15,18H,1-12H2,(H,19,22);1H/t14-,15+;. The summed E-state index contributed by atoms with van der Waals surface area (Å²) >= 11 is 0. The summed E-state index contributed by atoms with van der Waals surface area (Å²) in [4.78, 5) is 26.4. The third kappa shape index (κ3) is 4.83. The third-order valence-corrected chi connectivity index (χ3v) is 5.76. The van der Waals surface area contributed by atoms with Gasteiger partial charge in [-0.1, -0.05) is 19.3 Å². The maximum atomic E-state index is 12.4. The molecule has 0 aromatic heterocycles. The van der Waals surface area contributed by atoms with E-state index >= 15 is 0 Å². The summed E-state index contributed by atoms with van der Waals surface area (Å²) in [6.07, 6.45) is 7.71. The van der Waals surface area contributed by atoms with Crippen molar-refractivity contribution in [2.45, 2.75) is 44.9 Å². The van der Waals surface area contributed by atoms with Crippen LogP contribution in [0, 0.1) is 17.8 Å². The molecule has 0 aromatic rings. The molecule has 3 fully saturated rings. The molecule has 3 rings (SSSR count). The molecule has 2 N–H and O–H groups in total. The molecule has 132 valence electrons. The minimum absolute atomic E-state index is 0. The highest BCUT2D eigenvalue weighted by molar-refractivity contribution is 5.86. The minimum Gasteiger partial charge on any atom is -0.347 e. The molecule has 5 nitrogen and oxygen atoms in total. The molecular weight excluding hydrogens is 314 g/mol. The number of fused-ring (bicyclic) bond motifs is 1. The summed E-state index contributed by atoms with van der Waals surface area (Å²) in [5.41, 5.74) is 0. The number of hydrogen-bond donors (Lipinski definition) is 2. The van der Waals surface area contributed by atoms with Crippen molar-refractivity contribution in [3.8, 4) is 0 Å². The van der Waals surface area contributed by atoms with Gasteiger partial charge in [-0.2, -0.15) is 0 Å². The molecule has 23 heavy (non-hydrogen) atoms. The molecule has 0 aromatic carbocycles. The van der Waals surface area contributed by atoms with E-state index < -0.39 is 0 Å². The van der Waals surface area contributed by atoms with E-state index in [0.717, 1.165) is 76.5 Å². The Morgan fingerprint density at radius 1 is 0.957 bits per heavy atom. The van der Waals surface area contributed by atoms with Crippen LogP contribution in [-0.2, 0) is 9.59 Å². The summed E-state index contributed by atoms with van der Waals surface area (Å²) in [5.74, 6) is 1.78. The maximum absolute atomic E-state index is 12.4. The van der Waals surface area contributed by atoms with Gasteiger partial charge in [0.05, 0.1) is 6.54 Å². The number of likely N-dealkylation sites (tertiary alicyclic amines) is 1. The minimum atomic E-state index is 0. The fourth-order valence-electron chi connectivity index (χ4n) is 4.25. The highest BCUT2D eigenvalue weighted by atomic mass is 35.5. The van der Waals surface area contributed by atoms with Gasteiger partial charge in [0.25, 0.3) is 0 Å². The van der Waals surface area contributed by atoms with Crippen molar-refractivity contribution in [2.24, 2.45) is 17.8 Å². The molecule has 6 heteroatoms. The zero-order chi connectivity index (χ0) is 15.4. The molecule has 0 radical (unpaired) electrons. The monoisotopic (exact) mass is 343 g/mol. The smallest absolute Gasteiger partial charge is 0.241 e. The summed E-state index contributed by atoms with van der Waals surface area (Å²) < 4.78 is 0. The molecule has 2 saturated heterocycles. The first-order chi connectivity index (χ1) is 10.7.